The van der Waals surface area contributed by atoms with Gasteiger partial charge in [0.25, 0.3) is 5.56 Å². The number of aromatic nitrogens is 2. The molecule has 0 radical (unpaired) electrons. The molecule has 1 unspecified atom stereocenters. The summed E-state index contributed by atoms with van der Waals surface area (Å²) in [5.41, 5.74) is -2.79. The minimum Gasteiger partial charge on any atom is -0.470 e. The number of rotatable bonds is 7. The minimum atomic E-state index is -4.86. The lowest BCUT2D eigenvalue weighted by molar-refractivity contribution is -0.138. The number of nitrogens with zero attached hydrogens (tertiary/aromatic N) is 3. The van der Waals surface area contributed by atoms with Crippen LogP contribution in [0.2, 0.25) is 5.02 Å². The van der Waals surface area contributed by atoms with Gasteiger partial charge in [0, 0.05) is 24.3 Å². The molecule has 0 saturated heterocycles. The minimum absolute atomic E-state index is 0.0634. The van der Waals surface area contributed by atoms with Gasteiger partial charge in [-0.3, -0.25) is 13.9 Å². The highest BCUT2D eigenvalue weighted by atomic mass is 35.5. The van der Waals surface area contributed by atoms with Crippen LogP contribution in [0, 0.1) is 0 Å². The quantitative estimate of drug-likeness (QED) is 0.233. The van der Waals surface area contributed by atoms with E-state index in [1.54, 1.807) is 25.1 Å². The Hall–Kier alpha value is -4.51. The Morgan fingerprint density at radius 3 is 2.39 bits per heavy atom. The molecule has 0 spiro atoms. The van der Waals surface area contributed by atoms with Crippen LogP contribution in [0.25, 0.3) is 5.69 Å². The summed E-state index contributed by atoms with van der Waals surface area (Å²) < 4.78 is 54.8. The number of anilines is 1. The maximum atomic E-state index is 13.9. The lowest BCUT2D eigenvalue weighted by Crippen LogP contribution is -2.44. The van der Waals surface area contributed by atoms with Crippen molar-refractivity contribution >= 4 is 23.3 Å². The summed E-state index contributed by atoms with van der Waals surface area (Å²) in [7, 11) is 1.88. The van der Waals surface area contributed by atoms with Gasteiger partial charge in [0.2, 0.25) is 0 Å². The van der Waals surface area contributed by atoms with E-state index in [0.717, 1.165) is 34.1 Å². The number of hydrogen-bond donors (Lipinski definition) is 0. The number of alkyl halides is 3. The van der Waals surface area contributed by atoms with Gasteiger partial charge in [-0.25, -0.2) is 9.59 Å². The van der Waals surface area contributed by atoms with E-state index in [4.69, 9.17) is 21.1 Å². The van der Waals surface area contributed by atoms with Gasteiger partial charge in [-0.1, -0.05) is 55.8 Å². The SMILES string of the molecule is CCOC(=O)c1cn(-c2ccc3c(c2)C(C)(C)C(Oc2ccccc2)N3C)c(=O)n(Cc2cccc(Cl)c2C(F)(F)F)c1=O. The van der Waals surface area contributed by atoms with Gasteiger partial charge in [0.15, 0.2) is 6.23 Å². The molecule has 0 N–H and O–H groups in total. The molecule has 1 aliphatic heterocycles. The normalized spacial score (nSPS) is 15.6. The Labute approximate surface area is 255 Å². The molecule has 3 aromatic carbocycles. The van der Waals surface area contributed by atoms with E-state index in [2.05, 4.69) is 0 Å². The van der Waals surface area contributed by atoms with Crippen molar-refractivity contribution in [3.8, 4) is 11.4 Å². The van der Waals surface area contributed by atoms with E-state index in [9.17, 15) is 27.6 Å². The van der Waals surface area contributed by atoms with Crippen molar-refractivity contribution in [1.29, 1.82) is 0 Å². The van der Waals surface area contributed by atoms with Crippen LogP contribution in [-0.2, 0) is 22.9 Å². The summed E-state index contributed by atoms with van der Waals surface area (Å²) >= 11 is 5.89. The van der Waals surface area contributed by atoms with Crippen molar-refractivity contribution in [2.45, 2.75) is 45.1 Å². The third-order valence-electron chi connectivity index (χ3n) is 7.67. The lowest BCUT2D eigenvalue weighted by atomic mass is 9.85. The predicted molar refractivity (Wildman–Crippen MR) is 160 cm³/mol. The zero-order valence-corrected chi connectivity index (χ0v) is 25.1. The highest BCUT2D eigenvalue weighted by molar-refractivity contribution is 6.31. The summed E-state index contributed by atoms with van der Waals surface area (Å²) in [6.45, 7) is 4.66. The van der Waals surface area contributed by atoms with E-state index in [1.807, 2.05) is 56.1 Å². The molecular formula is C32H29ClF3N3O5. The van der Waals surface area contributed by atoms with Crippen molar-refractivity contribution in [2.24, 2.45) is 0 Å². The summed E-state index contributed by atoms with van der Waals surface area (Å²) in [6, 6.07) is 18.0. The number of carbonyl (C=O) groups is 1. The van der Waals surface area contributed by atoms with Crippen LogP contribution in [0.15, 0.2) is 82.5 Å². The van der Waals surface area contributed by atoms with E-state index >= 15 is 0 Å². The fourth-order valence-electron chi connectivity index (χ4n) is 5.56. The molecule has 0 fully saturated rings. The first kappa shape index (κ1) is 30.9. The number of carbonyl (C=O) groups excluding carboxylic acids is 1. The van der Waals surface area contributed by atoms with Gasteiger partial charge < -0.3 is 14.4 Å². The predicted octanol–water partition coefficient (Wildman–Crippen LogP) is 6.03. The standard InChI is InChI=1S/C32H29ClF3N3O5/c1-5-43-28(41)22-18-38(30(42)39(27(22)40)17-19-10-9-13-24(33)26(19)32(34,35)36)20-14-15-25-23(16-20)31(2,3)29(37(25)4)44-21-11-7-6-8-12-21/h6-16,18,29H,5,17H2,1-4H3. The molecule has 44 heavy (non-hydrogen) atoms. The second kappa shape index (κ2) is 11.5. The summed E-state index contributed by atoms with van der Waals surface area (Å²) in [6.07, 6.45) is -4.21. The number of ether oxygens (including phenoxy) is 2. The molecule has 2 heterocycles. The number of esters is 1. The number of halogens is 4. The average Bonchev–Trinajstić information content (AvgIpc) is 3.15. The van der Waals surface area contributed by atoms with E-state index in [1.165, 1.54) is 6.07 Å². The summed E-state index contributed by atoms with van der Waals surface area (Å²) in [5.74, 6) is -0.341. The first-order chi connectivity index (χ1) is 20.8. The Morgan fingerprint density at radius 1 is 1.02 bits per heavy atom. The second-order valence-corrected chi connectivity index (χ2v) is 11.3. The number of fused-ring (bicyclic) bond motifs is 1. The summed E-state index contributed by atoms with van der Waals surface area (Å²) in [5, 5.41) is -0.581. The van der Waals surface area contributed by atoms with Crippen molar-refractivity contribution in [3.63, 3.8) is 0 Å². The third-order valence-corrected chi connectivity index (χ3v) is 7.99. The first-order valence-corrected chi connectivity index (χ1v) is 14.1. The van der Waals surface area contributed by atoms with Gasteiger partial charge in [-0.2, -0.15) is 13.2 Å². The Balaban J connectivity index is 1.65. The molecule has 1 aliphatic rings. The Kier molecular flexibility index (Phi) is 8.11. The van der Waals surface area contributed by atoms with E-state index in [-0.39, 0.29) is 12.3 Å². The molecule has 0 saturated carbocycles. The van der Waals surface area contributed by atoms with E-state index < -0.39 is 63.3 Å². The maximum Gasteiger partial charge on any atom is 0.418 e. The van der Waals surface area contributed by atoms with Crippen LogP contribution >= 0.6 is 11.6 Å². The molecule has 1 atom stereocenters. The van der Waals surface area contributed by atoms with Crippen LogP contribution in [0.4, 0.5) is 18.9 Å². The Bertz CT molecular complexity index is 1850. The van der Waals surface area contributed by atoms with Crippen LogP contribution < -0.4 is 20.9 Å². The molecule has 4 aromatic rings. The van der Waals surface area contributed by atoms with Crippen molar-refractivity contribution < 1.29 is 27.4 Å². The molecular weight excluding hydrogens is 599 g/mol. The van der Waals surface area contributed by atoms with Crippen LogP contribution in [0.5, 0.6) is 5.75 Å². The molecule has 0 bridgehead atoms. The lowest BCUT2D eigenvalue weighted by Gasteiger charge is -2.32. The van der Waals surface area contributed by atoms with Gasteiger partial charge in [-0.05, 0) is 54.4 Å². The van der Waals surface area contributed by atoms with Gasteiger partial charge >= 0.3 is 17.8 Å². The van der Waals surface area contributed by atoms with Gasteiger partial charge in [-0.15, -0.1) is 0 Å². The zero-order valence-electron chi connectivity index (χ0n) is 24.3. The van der Waals surface area contributed by atoms with Crippen molar-refractivity contribution in [2.75, 3.05) is 18.6 Å². The van der Waals surface area contributed by atoms with Crippen LogP contribution in [0.1, 0.15) is 47.8 Å². The maximum absolute atomic E-state index is 13.9. The third kappa shape index (κ3) is 5.47. The number of para-hydroxylation sites is 1. The monoisotopic (exact) mass is 627 g/mol. The highest BCUT2D eigenvalue weighted by Gasteiger charge is 2.45. The van der Waals surface area contributed by atoms with Crippen molar-refractivity contribution in [3.05, 3.63) is 121 Å². The Morgan fingerprint density at radius 2 is 1.73 bits per heavy atom. The first-order valence-electron chi connectivity index (χ1n) is 13.7. The average molecular weight is 628 g/mol. The second-order valence-electron chi connectivity index (χ2n) is 10.9. The number of likely N-dealkylation sites (N-methyl/N-ethyl adjacent to an activating group) is 1. The molecule has 230 valence electrons. The van der Waals surface area contributed by atoms with Gasteiger partial charge in [0.1, 0.15) is 11.3 Å². The topological polar surface area (TPSA) is 82.8 Å². The molecule has 0 amide bonds. The smallest absolute Gasteiger partial charge is 0.418 e. The molecule has 12 heteroatoms. The van der Waals surface area contributed by atoms with Crippen molar-refractivity contribution in [1.82, 2.24) is 9.13 Å². The molecule has 0 aliphatic carbocycles. The number of hydrogen-bond acceptors (Lipinski definition) is 6. The fraction of sp³-hybridized carbons (Fsp3) is 0.281. The molecule has 8 nitrogen and oxygen atoms in total. The van der Waals surface area contributed by atoms with Crippen LogP contribution in [-0.4, -0.2) is 35.0 Å². The summed E-state index contributed by atoms with van der Waals surface area (Å²) in [4.78, 5) is 42.0. The molecule has 1 aromatic heterocycles. The number of benzene rings is 3. The van der Waals surface area contributed by atoms with E-state index in [0.29, 0.717) is 10.3 Å². The fourth-order valence-corrected chi connectivity index (χ4v) is 5.86. The largest absolute Gasteiger partial charge is 0.470 e. The molecule has 5 rings (SSSR count). The highest BCUT2D eigenvalue weighted by Crippen LogP contribution is 2.45. The van der Waals surface area contributed by atoms with Gasteiger partial charge in [0.05, 0.1) is 29.4 Å². The van der Waals surface area contributed by atoms with Crippen LogP contribution in [0.3, 0.4) is 0 Å². The zero-order chi connectivity index (χ0) is 32.0.